The van der Waals surface area contributed by atoms with E-state index in [1.807, 2.05) is 18.2 Å². The number of halogens is 1. The first-order valence-corrected chi connectivity index (χ1v) is 8.53. The number of anilines is 1. The van der Waals surface area contributed by atoms with E-state index in [9.17, 15) is 9.50 Å². The third-order valence-electron chi connectivity index (χ3n) is 4.51. The molecule has 0 radical (unpaired) electrons. The standard InChI is InChI=1S/C19H19FN4O2/c20-15-7-5-14(6-8-15)19-22-21-18(26-19)13-23-9-11-24(12-10-23)16-3-1-2-4-17(16)25/h1-8,25H,9-13H2. The lowest BCUT2D eigenvalue weighted by Crippen LogP contribution is -2.46. The third-order valence-corrected chi connectivity index (χ3v) is 4.51. The number of benzene rings is 2. The monoisotopic (exact) mass is 354 g/mol. The van der Waals surface area contributed by atoms with E-state index in [0.717, 1.165) is 31.9 Å². The summed E-state index contributed by atoms with van der Waals surface area (Å²) in [6.45, 7) is 3.88. The van der Waals surface area contributed by atoms with Crippen molar-refractivity contribution in [1.29, 1.82) is 0 Å². The van der Waals surface area contributed by atoms with E-state index in [2.05, 4.69) is 20.0 Å². The Morgan fingerprint density at radius 2 is 1.69 bits per heavy atom. The molecule has 0 aliphatic carbocycles. The minimum absolute atomic E-state index is 0.296. The number of nitrogens with zero attached hydrogens (tertiary/aromatic N) is 4. The van der Waals surface area contributed by atoms with Gasteiger partial charge in [-0.15, -0.1) is 10.2 Å². The predicted molar refractivity (Wildman–Crippen MR) is 95.3 cm³/mol. The van der Waals surface area contributed by atoms with Crippen LogP contribution in [0.2, 0.25) is 0 Å². The van der Waals surface area contributed by atoms with Crippen LogP contribution in [-0.2, 0) is 6.54 Å². The molecule has 26 heavy (non-hydrogen) atoms. The quantitative estimate of drug-likeness (QED) is 0.777. The molecule has 1 aliphatic heterocycles. The summed E-state index contributed by atoms with van der Waals surface area (Å²) in [7, 11) is 0. The Balaban J connectivity index is 1.36. The van der Waals surface area contributed by atoms with E-state index in [1.165, 1.54) is 12.1 Å². The SMILES string of the molecule is Oc1ccccc1N1CCN(Cc2nnc(-c3ccc(F)cc3)o2)CC1. The van der Waals surface area contributed by atoms with Crippen LogP contribution in [0.15, 0.2) is 52.9 Å². The van der Waals surface area contributed by atoms with Crippen LogP contribution in [0.1, 0.15) is 5.89 Å². The Hall–Kier alpha value is -2.93. The zero-order valence-corrected chi connectivity index (χ0v) is 14.2. The molecule has 0 unspecified atom stereocenters. The van der Waals surface area contributed by atoms with Gasteiger partial charge in [0.25, 0.3) is 0 Å². The fourth-order valence-corrected chi connectivity index (χ4v) is 3.10. The van der Waals surface area contributed by atoms with Crippen LogP contribution < -0.4 is 4.90 Å². The first kappa shape index (κ1) is 16.5. The molecular formula is C19H19FN4O2. The summed E-state index contributed by atoms with van der Waals surface area (Å²) in [6.07, 6.45) is 0. The van der Waals surface area contributed by atoms with Crippen LogP contribution >= 0.6 is 0 Å². The predicted octanol–water partition coefficient (Wildman–Crippen LogP) is 2.90. The van der Waals surface area contributed by atoms with Crippen LogP contribution in [0.25, 0.3) is 11.5 Å². The van der Waals surface area contributed by atoms with E-state index in [1.54, 1.807) is 18.2 Å². The van der Waals surface area contributed by atoms with Crippen molar-refractivity contribution >= 4 is 5.69 Å². The van der Waals surface area contributed by atoms with E-state index in [4.69, 9.17) is 4.42 Å². The van der Waals surface area contributed by atoms with Gasteiger partial charge in [0.15, 0.2) is 0 Å². The Labute approximate surface area is 150 Å². The number of aromatic hydroxyl groups is 1. The molecular weight excluding hydrogens is 335 g/mol. The highest BCUT2D eigenvalue weighted by Crippen LogP contribution is 2.27. The topological polar surface area (TPSA) is 65.6 Å². The van der Waals surface area contributed by atoms with Gasteiger partial charge in [-0.25, -0.2) is 4.39 Å². The first-order valence-electron chi connectivity index (χ1n) is 8.53. The van der Waals surface area contributed by atoms with Crippen molar-refractivity contribution in [3.05, 3.63) is 60.2 Å². The number of para-hydroxylation sites is 2. The average Bonchev–Trinajstić information content (AvgIpc) is 3.12. The van der Waals surface area contributed by atoms with Crippen molar-refractivity contribution in [3.63, 3.8) is 0 Å². The highest BCUT2D eigenvalue weighted by molar-refractivity contribution is 5.57. The molecule has 1 aliphatic rings. The molecule has 0 atom stereocenters. The number of phenolic OH excluding ortho intramolecular Hbond substituents is 1. The van der Waals surface area contributed by atoms with Gasteiger partial charge in [0.1, 0.15) is 11.6 Å². The lowest BCUT2D eigenvalue weighted by Gasteiger charge is -2.35. The second kappa shape index (κ2) is 7.13. The van der Waals surface area contributed by atoms with E-state index >= 15 is 0 Å². The lowest BCUT2D eigenvalue weighted by molar-refractivity contribution is 0.226. The van der Waals surface area contributed by atoms with Gasteiger partial charge in [-0.3, -0.25) is 4.90 Å². The summed E-state index contributed by atoms with van der Waals surface area (Å²) in [6, 6.07) is 13.4. The number of rotatable bonds is 4. The number of phenols is 1. The molecule has 2 aromatic carbocycles. The fraction of sp³-hybridized carbons (Fsp3) is 0.263. The van der Waals surface area contributed by atoms with E-state index in [0.29, 0.717) is 29.6 Å². The van der Waals surface area contributed by atoms with Crippen LogP contribution in [0.4, 0.5) is 10.1 Å². The number of piperazine rings is 1. The Bertz CT molecular complexity index is 873. The molecule has 0 amide bonds. The Morgan fingerprint density at radius 1 is 0.962 bits per heavy atom. The zero-order chi connectivity index (χ0) is 17.9. The summed E-state index contributed by atoms with van der Waals surface area (Å²) in [5.74, 6) is 0.950. The van der Waals surface area contributed by atoms with E-state index in [-0.39, 0.29) is 5.82 Å². The molecule has 2 heterocycles. The molecule has 134 valence electrons. The molecule has 4 rings (SSSR count). The molecule has 6 nitrogen and oxygen atoms in total. The van der Waals surface area contributed by atoms with Crippen molar-refractivity contribution in [2.24, 2.45) is 0 Å². The molecule has 1 N–H and O–H groups in total. The van der Waals surface area contributed by atoms with Crippen molar-refractivity contribution in [2.45, 2.75) is 6.54 Å². The average molecular weight is 354 g/mol. The summed E-state index contributed by atoms with van der Waals surface area (Å²) in [4.78, 5) is 4.40. The zero-order valence-electron chi connectivity index (χ0n) is 14.2. The molecule has 3 aromatic rings. The number of hydrogen-bond acceptors (Lipinski definition) is 6. The molecule has 1 fully saturated rings. The molecule has 0 saturated carbocycles. The normalized spacial score (nSPS) is 15.3. The van der Waals surface area contributed by atoms with Crippen LogP contribution in [0.3, 0.4) is 0 Å². The largest absolute Gasteiger partial charge is 0.506 e. The number of hydrogen-bond donors (Lipinski definition) is 1. The number of aromatic nitrogens is 2. The van der Waals surface area contributed by atoms with Gasteiger partial charge in [-0.1, -0.05) is 12.1 Å². The van der Waals surface area contributed by atoms with Gasteiger partial charge < -0.3 is 14.4 Å². The first-order chi connectivity index (χ1) is 12.7. The maximum absolute atomic E-state index is 13.0. The minimum atomic E-state index is -0.296. The molecule has 7 heteroatoms. The van der Waals surface area contributed by atoms with Crippen LogP contribution in [-0.4, -0.2) is 46.4 Å². The summed E-state index contributed by atoms with van der Waals surface area (Å²) in [5, 5.41) is 18.1. The van der Waals surface area contributed by atoms with Gasteiger partial charge in [0.2, 0.25) is 11.8 Å². The lowest BCUT2D eigenvalue weighted by atomic mass is 10.2. The highest BCUT2D eigenvalue weighted by Gasteiger charge is 2.21. The smallest absolute Gasteiger partial charge is 0.247 e. The second-order valence-corrected chi connectivity index (χ2v) is 6.26. The van der Waals surface area contributed by atoms with Gasteiger partial charge in [-0.05, 0) is 36.4 Å². The maximum atomic E-state index is 13.0. The third kappa shape index (κ3) is 3.52. The molecule has 1 saturated heterocycles. The second-order valence-electron chi connectivity index (χ2n) is 6.26. The van der Waals surface area contributed by atoms with Crippen molar-refractivity contribution < 1.29 is 13.9 Å². The van der Waals surface area contributed by atoms with Gasteiger partial charge in [0, 0.05) is 31.7 Å². The van der Waals surface area contributed by atoms with Crippen molar-refractivity contribution in [2.75, 3.05) is 31.1 Å². The summed E-state index contributed by atoms with van der Waals surface area (Å²) in [5.41, 5.74) is 1.57. The maximum Gasteiger partial charge on any atom is 0.247 e. The van der Waals surface area contributed by atoms with Gasteiger partial charge in [0.05, 0.1) is 12.2 Å². The van der Waals surface area contributed by atoms with Crippen molar-refractivity contribution in [1.82, 2.24) is 15.1 Å². The van der Waals surface area contributed by atoms with Gasteiger partial charge >= 0.3 is 0 Å². The molecule has 0 spiro atoms. The minimum Gasteiger partial charge on any atom is -0.506 e. The van der Waals surface area contributed by atoms with Crippen molar-refractivity contribution in [3.8, 4) is 17.2 Å². The Morgan fingerprint density at radius 3 is 2.42 bits per heavy atom. The van der Waals surface area contributed by atoms with Gasteiger partial charge in [-0.2, -0.15) is 0 Å². The molecule has 1 aromatic heterocycles. The Kier molecular flexibility index (Phi) is 4.53. The highest BCUT2D eigenvalue weighted by atomic mass is 19.1. The van der Waals surface area contributed by atoms with Crippen LogP contribution in [0.5, 0.6) is 5.75 Å². The summed E-state index contributed by atoms with van der Waals surface area (Å²) < 4.78 is 18.7. The summed E-state index contributed by atoms with van der Waals surface area (Å²) >= 11 is 0. The van der Waals surface area contributed by atoms with E-state index < -0.39 is 0 Å². The fourth-order valence-electron chi connectivity index (χ4n) is 3.10. The molecule has 0 bridgehead atoms. The van der Waals surface area contributed by atoms with Crippen LogP contribution in [0, 0.1) is 5.82 Å².